The summed E-state index contributed by atoms with van der Waals surface area (Å²) in [4.78, 5) is 24.4. The van der Waals surface area contributed by atoms with Crippen molar-refractivity contribution in [3.8, 4) is 5.75 Å². The van der Waals surface area contributed by atoms with E-state index in [1.165, 1.54) is 11.8 Å². The van der Waals surface area contributed by atoms with E-state index in [9.17, 15) is 9.59 Å². The summed E-state index contributed by atoms with van der Waals surface area (Å²) in [6, 6.07) is 12.9. The summed E-state index contributed by atoms with van der Waals surface area (Å²) < 4.78 is 5.47. The second kappa shape index (κ2) is 9.34. The van der Waals surface area contributed by atoms with Crippen LogP contribution in [0, 0.1) is 13.8 Å². The van der Waals surface area contributed by atoms with Crippen molar-refractivity contribution in [1.29, 1.82) is 0 Å². The highest BCUT2D eigenvalue weighted by Gasteiger charge is 2.08. The van der Waals surface area contributed by atoms with Crippen molar-refractivity contribution in [2.24, 2.45) is 0 Å². The van der Waals surface area contributed by atoms with E-state index < -0.39 is 5.91 Å². The van der Waals surface area contributed by atoms with Gasteiger partial charge in [0.25, 0.3) is 5.91 Å². The van der Waals surface area contributed by atoms with Crippen LogP contribution in [0.25, 0.3) is 0 Å². The van der Waals surface area contributed by atoms with Crippen molar-refractivity contribution >= 4 is 35.2 Å². The summed E-state index contributed by atoms with van der Waals surface area (Å²) in [6.07, 6.45) is 0. The highest BCUT2D eigenvalue weighted by Crippen LogP contribution is 2.20. The largest absolute Gasteiger partial charge is 0.483 e. The Morgan fingerprint density at radius 2 is 1.72 bits per heavy atom. The lowest BCUT2D eigenvalue weighted by Gasteiger charge is -2.11. The molecular formula is C18H19ClN2O3S. The molecule has 5 nitrogen and oxygen atoms in total. The van der Waals surface area contributed by atoms with Crippen molar-refractivity contribution in [3.05, 3.63) is 58.6 Å². The number of nitrogens with one attached hydrogen (secondary N) is 2. The molecule has 0 atom stereocenters. The van der Waals surface area contributed by atoms with E-state index in [4.69, 9.17) is 16.3 Å². The van der Waals surface area contributed by atoms with Crippen LogP contribution in [0.5, 0.6) is 5.75 Å². The average Bonchev–Trinajstić information content (AvgIpc) is 2.60. The number of hydrogen-bond acceptors (Lipinski definition) is 4. The first-order valence-corrected chi connectivity index (χ1v) is 8.96. The Morgan fingerprint density at radius 3 is 2.44 bits per heavy atom. The van der Waals surface area contributed by atoms with Gasteiger partial charge < -0.3 is 4.74 Å². The summed E-state index contributed by atoms with van der Waals surface area (Å²) >= 11 is 7.15. The first kappa shape index (κ1) is 19.1. The van der Waals surface area contributed by atoms with Crippen molar-refractivity contribution in [1.82, 2.24) is 10.9 Å². The molecule has 132 valence electrons. The third-order valence-electron chi connectivity index (χ3n) is 3.23. The molecule has 2 N–H and O–H groups in total. The molecule has 2 amide bonds. The highest BCUT2D eigenvalue weighted by atomic mass is 35.5. The Kier molecular flexibility index (Phi) is 7.16. The van der Waals surface area contributed by atoms with E-state index in [2.05, 4.69) is 10.9 Å². The first-order valence-electron chi connectivity index (χ1n) is 7.60. The van der Waals surface area contributed by atoms with Crippen LogP contribution in [0.2, 0.25) is 5.02 Å². The minimum absolute atomic E-state index is 0.172. The minimum Gasteiger partial charge on any atom is -0.483 e. The molecule has 0 radical (unpaired) electrons. The fourth-order valence-electron chi connectivity index (χ4n) is 1.90. The van der Waals surface area contributed by atoms with E-state index in [-0.39, 0.29) is 18.3 Å². The third-order valence-corrected chi connectivity index (χ3v) is 4.49. The van der Waals surface area contributed by atoms with Gasteiger partial charge in [-0.3, -0.25) is 20.4 Å². The Balaban J connectivity index is 1.69. The third kappa shape index (κ3) is 6.68. The van der Waals surface area contributed by atoms with Crippen LogP contribution in [0.1, 0.15) is 11.1 Å². The van der Waals surface area contributed by atoms with Crippen LogP contribution < -0.4 is 15.6 Å². The lowest BCUT2D eigenvalue weighted by atomic mass is 10.1. The van der Waals surface area contributed by atoms with Crippen LogP contribution >= 0.6 is 23.4 Å². The standard InChI is InChI=1S/C18H19ClN2O3S/c1-12-3-4-13(2)16(9-12)24-10-17(22)20-21-18(23)11-25-15-7-5-14(19)6-8-15/h3-9H,10-11H2,1-2H3,(H,20,22)(H,21,23). The van der Waals surface area contributed by atoms with Gasteiger partial charge in [-0.05, 0) is 55.3 Å². The van der Waals surface area contributed by atoms with E-state index in [1.54, 1.807) is 12.1 Å². The zero-order chi connectivity index (χ0) is 18.2. The van der Waals surface area contributed by atoms with E-state index in [0.717, 1.165) is 16.0 Å². The van der Waals surface area contributed by atoms with Crippen molar-refractivity contribution in [2.75, 3.05) is 12.4 Å². The van der Waals surface area contributed by atoms with Gasteiger partial charge in [0.15, 0.2) is 6.61 Å². The molecular weight excluding hydrogens is 360 g/mol. The fourth-order valence-corrected chi connectivity index (χ4v) is 2.72. The summed E-state index contributed by atoms with van der Waals surface area (Å²) in [5.74, 6) is 0.102. The molecule has 2 aromatic carbocycles. The number of benzene rings is 2. The van der Waals surface area contributed by atoms with Gasteiger partial charge in [-0.25, -0.2) is 0 Å². The molecule has 0 saturated heterocycles. The van der Waals surface area contributed by atoms with E-state index in [1.807, 2.05) is 44.2 Å². The Hall–Kier alpha value is -2.18. The maximum absolute atomic E-state index is 11.8. The van der Waals surface area contributed by atoms with Gasteiger partial charge in [0.2, 0.25) is 5.91 Å². The predicted molar refractivity (Wildman–Crippen MR) is 99.9 cm³/mol. The van der Waals surface area contributed by atoms with Crippen LogP contribution in [0.3, 0.4) is 0 Å². The van der Waals surface area contributed by atoms with Crippen LogP contribution in [0.15, 0.2) is 47.4 Å². The Bertz CT molecular complexity index is 750. The molecule has 0 fully saturated rings. The molecule has 0 unspecified atom stereocenters. The molecule has 2 rings (SSSR count). The van der Waals surface area contributed by atoms with Crippen molar-refractivity contribution < 1.29 is 14.3 Å². The number of rotatable bonds is 6. The maximum atomic E-state index is 11.8. The molecule has 0 saturated carbocycles. The van der Waals surface area contributed by atoms with Crippen molar-refractivity contribution in [3.63, 3.8) is 0 Å². The molecule has 0 heterocycles. The fraction of sp³-hybridized carbons (Fsp3) is 0.222. The second-order valence-electron chi connectivity index (χ2n) is 5.40. The number of carbonyl (C=O) groups excluding carboxylic acids is 2. The lowest BCUT2D eigenvalue weighted by Crippen LogP contribution is -2.44. The molecule has 25 heavy (non-hydrogen) atoms. The molecule has 0 aliphatic rings. The summed E-state index contributed by atoms with van der Waals surface area (Å²) in [6.45, 7) is 3.68. The normalized spacial score (nSPS) is 10.2. The molecule has 0 aromatic heterocycles. The van der Waals surface area contributed by atoms with Gasteiger partial charge in [-0.2, -0.15) is 0 Å². The van der Waals surface area contributed by atoms with Gasteiger partial charge in [0.05, 0.1) is 5.75 Å². The summed E-state index contributed by atoms with van der Waals surface area (Å²) in [5.41, 5.74) is 6.69. The Labute approximate surface area is 156 Å². The maximum Gasteiger partial charge on any atom is 0.276 e. The topological polar surface area (TPSA) is 67.4 Å². The number of halogens is 1. The Morgan fingerprint density at radius 1 is 1.04 bits per heavy atom. The van der Waals surface area contributed by atoms with Crippen LogP contribution in [0.4, 0.5) is 0 Å². The number of thioether (sulfide) groups is 1. The highest BCUT2D eigenvalue weighted by molar-refractivity contribution is 8.00. The van der Waals surface area contributed by atoms with Gasteiger partial charge in [-0.15, -0.1) is 11.8 Å². The number of hydrazine groups is 1. The summed E-state index contributed by atoms with van der Waals surface area (Å²) in [7, 11) is 0. The minimum atomic E-state index is -0.425. The molecule has 0 aliphatic heterocycles. The second-order valence-corrected chi connectivity index (χ2v) is 6.88. The molecule has 2 aromatic rings. The van der Waals surface area contributed by atoms with Crippen LogP contribution in [-0.2, 0) is 9.59 Å². The zero-order valence-corrected chi connectivity index (χ0v) is 15.5. The number of amides is 2. The molecule has 0 aliphatic carbocycles. The smallest absolute Gasteiger partial charge is 0.276 e. The van der Waals surface area contributed by atoms with Gasteiger partial charge >= 0.3 is 0 Å². The molecule has 0 spiro atoms. The number of ether oxygens (including phenoxy) is 1. The number of hydrogen-bond donors (Lipinski definition) is 2. The number of aryl methyl sites for hydroxylation is 2. The summed E-state index contributed by atoms with van der Waals surface area (Å²) in [5, 5.41) is 0.643. The SMILES string of the molecule is Cc1ccc(C)c(OCC(=O)NNC(=O)CSc2ccc(Cl)cc2)c1. The van der Waals surface area contributed by atoms with Crippen LogP contribution in [-0.4, -0.2) is 24.2 Å². The van der Waals surface area contributed by atoms with Gasteiger partial charge in [-0.1, -0.05) is 23.7 Å². The van der Waals surface area contributed by atoms with E-state index >= 15 is 0 Å². The zero-order valence-electron chi connectivity index (χ0n) is 14.0. The lowest BCUT2D eigenvalue weighted by molar-refractivity contribution is -0.128. The van der Waals surface area contributed by atoms with Crippen molar-refractivity contribution in [2.45, 2.75) is 18.7 Å². The van der Waals surface area contributed by atoms with E-state index in [0.29, 0.717) is 10.8 Å². The van der Waals surface area contributed by atoms with Gasteiger partial charge in [0.1, 0.15) is 5.75 Å². The number of carbonyl (C=O) groups is 2. The average molecular weight is 379 g/mol. The predicted octanol–water partition coefficient (Wildman–Crippen LogP) is 3.28. The molecule has 0 bridgehead atoms. The quantitative estimate of drug-likeness (QED) is 0.598. The first-order chi connectivity index (χ1) is 11.9. The molecule has 7 heteroatoms. The van der Waals surface area contributed by atoms with Gasteiger partial charge in [0, 0.05) is 9.92 Å². The monoisotopic (exact) mass is 378 g/mol.